The Morgan fingerprint density at radius 2 is 0.458 bits per heavy atom. The average molecular weight is 1720 g/mol. The molecule has 0 bridgehead atoms. The van der Waals surface area contributed by atoms with Crippen LogP contribution in [0.5, 0.6) is 0 Å². The highest BCUT2D eigenvalue weighted by Gasteiger charge is 2.61. The fraction of sp³-hybridized carbons (Fsp3) is 0.909. The van der Waals surface area contributed by atoms with Crippen molar-refractivity contribution in [2.24, 2.45) is 0 Å². The molecule has 9 aliphatic heterocycles. The van der Waals surface area contributed by atoms with Gasteiger partial charge in [-0.25, -0.2) is 0 Å². The van der Waals surface area contributed by atoms with E-state index in [1.54, 1.807) is 0 Å². The third kappa shape index (κ3) is 22.1. The zero-order valence-corrected chi connectivity index (χ0v) is 64.0. The zero-order chi connectivity index (χ0) is 87.1. The van der Waals surface area contributed by atoms with Gasteiger partial charge in [0.05, 0.1) is 59.5 Å². The summed E-state index contributed by atoms with van der Waals surface area (Å²) in [6.07, 6.45) is -81.3. The summed E-state index contributed by atoms with van der Waals surface area (Å²) in [5, 5.41) is 273. The summed E-state index contributed by atoms with van der Waals surface area (Å²) in [4.78, 5) is 75.8. The van der Waals surface area contributed by atoms with Crippen LogP contribution in [0.4, 0.5) is 0 Å². The van der Waals surface area contributed by atoms with Gasteiger partial charge in [-0.05, 0) is 0 Å². The Morgan fingerprint density at radius 3 is 0.831 bits per heavy atom. The molecule has 9 aliphatic rings. The molecule has 0 radical (unpaired) electrons. The molecule has 52 heteroatoms. The number of carbonyl (C=O) groups excluding carboxylic acids is 6. The van der Waals surface area contributed by atoms with Crippen LogP contribution >= 0.6 is 0 Å². The van der Waals surface area contributed by atoms with Crippen molar-refractivity contribution in [2.45, 2.75) is 318 Å². The Kier molecular flexibility index (Phi) is 35.1. The van der Waals surface area contributed by atoms with E-state index in [-0.39, 0.29) is 0 Å². The van der Waals surface area contributed by atoms with Crippen molar-refractivity contribution in [3.8, 4) is 0 Å². The Hall–Kier alpha value is -4.78. The third-order valence-corrected chi connectivity index (χ3v) is 21.1. The SMILES string of the molecule is CC(=O)N[C@@H]1[C@@H](O)[C@H](O[C@@H]2O[C@H](CO)[C@@H](O[C@@H]3O[C@H](CO[C@H]4O[C@H](CO[C@@H]5O[C@H](CO)[C@@H](O)[C@H](O)[C@H]5NC(C)=O)[C@@H](O)[C@H](O)[C@@H]4O[C@@H]4O[C@H](CO)[C@@H](O)[C@H](O)[C@H]4NC(C)=O)[C@@H](O)[C@H](O[C@H]4O[C@H](CO)[C@@H](O)[C@H](O)[C@@H]4O[C@@H]4O[C@H](CO)[C@@H](O[C@@H]5O[C@H](CO)[C@H](O)[C@H](O)[C@H]5NC(C)=O)[C@H](O)[C@H]4NC(C)=O)[C@@H]3O)[C@H](O)[C@H]2NC(C)=O)[C@@H](CO)O[C@H]1O. The van der Waals surface area contributed by atoms with Gasteiger partial charge in [-0.2, -0.15) is 0 Å². The first-order valence-corrected chi connectivity index (χ1v) is 37.6. The van der Waals surface area contributed by atoms with E-state index < -0.39 is 371 Å². The molecule has 9 heterocycles. The molecular formula is C66H110N6O46. The molecule has 0 saturated carbocycles. The number of rotatable bonds is 31. The van der Waals surface area contributed by atoms with Gasteiger partial charge in [-0.1, -0.05) is 0 Å². The number of hydrogen-bond acceptors (Lipinski definition) is 46. The second-order valence-corrected chi connectivity index (χ2v) is 29.7. The molecule has 0 aromatic heterocycles. The molecule has 6 amide bonds. The maximum absolute atomic E-state index is 13.1. The second-order valence-electron chi connectivity index (χ2n) is 29.7. The molecular weight excluding hydrogens is 1610 g/mol. The van der Waals surface area contributed by atoms with Crippen LogP contribution in [0, 0.1) is 0 Å². The third-order valence-electron chi connectivity index (χ3n) is 21.1. The molecule has 29 N–H and O–H groups in total. The highest BCUT2D eigenvalue weighted by Crippen LogP contribution is 2.40. The topological polar surface area (TPSA) is 797 Å². The summed E-state index contributed by atoms with van der Waals surface area (Å²) < 4.78 is 102. The maximum atomic E-state index is 13.1. The smallest absolute Gasteiger partial charge is 0.217 e. The Balaban J connectivity index is 1.09. The van der Waals surface area contributed by atoms with Crippen LogP contribution in [-0.2, 0) is 109 Å². The van der Waals surface area contributed by atoms with E-state index in [0.717, 1.165) is 41.5 Å². The van der Waals surface area contributed by atoms with Gasteiger partial charge in [-0.3, -0.25) is 28.8 Å². The summed E-state index contributed by atoms with van der Waals surface area (Å²) in [5.41, 5.74) is 0. The summed E-state index contributed by atoms with van der Waals surface area (Å²) >= 11 is 0. The standard InChI is InChI=1S/C66H110N6O46/c1-16(80)67-31-46(95)52(26(11-77)104-58(31)101)113-62-35(71-20(5)84)48(97)54(28(13-79)109-62)115-64-51(100)55(116-66-57(49(98)40(89)25(10-76)108-66)118-63-36(72-21(6)85)47(96)53(27(12-78)110-63)114-60-33(69-18(3)82)44(93)38(87)23(8-74)106-60)42(91)30(111-64)15-103-65-56(117-61-34(70-19(4)83)45(94)39(88)24(9-75)107-61)50(99)41(90)29(112-65)14-102-59-32(68-17(2)81)43(92)37(86)22(7-73)105-59/h22-66,73-79,86-101H,7-15H2,1-6H3,(H,67,80)(H,68,81)(H,69,82)(H,70,83)(H,71,84)(H,72,85)/t22-,23-,24-,25-,26-,27-,28-,29-,30-,31-,32-,33-,34-,35-,36-,37-,38+,39-,40-,41-,42-,43-,44-,45-,46-,47-,48-,49+,50+,51+,52-,53-,54-,55+,56+,57+,58-,59-,60+,61+,62+,63+,64+,65+,66-/m1/s1. The van der Waals surface area contributed by atoms with Gasteiger partial charge in [0, 0.05) is 41.5 Å². The van der Waals surface area contributed by atoms with Crippen LogP contribution in [0.25, 0.3) is 0 Å². The number of aliphatic hydroxyl groups excluding tert-OH is 23. The van der Waals surface area contributed by atoms with E-state index in [1.807, 2.05) is 0 Å². The maximum Gasteiger partial charge on any atom is 0.217 e. The molecule has 680 valence electrons. The van der Waals surface area contributed by atoms with Crippen LogP contribution in [0.3, 0.4) is 0 Å². The Morgan fingerprint density at radius 1 is 0.220 bits per heavy atom. The Labute approximate surface area is 669 Å². The van der Waals surface area contributed by atoms with Gasteiger partial charge in [0.1, 0.15) is 219 Å². The van der Waals surface area contributed by atoms with E-state index in [0.29, 0.717) is 0 Å². The minimum atomic E-state index is -2.61. The monoisotopic (exact) mass is 1720 g/mol. The van der Waals surface area contributed by atoms with Crippen molar-refractivity contribution in [1.29, 1.82) is 0 Å². The summed E-state index contributed by atoms with van der Waals surface area (Å²) in [5.74, 6) is -5.23. The highest BCUT2D eigenvalue weighted by molar-refractivity contribution is 5.75. The van der Waals surface area contributed by atoms with Crippen LogP contribution in [0.2, 0.25) is 0 Å². The number of carbonyl (C=O) groups is 6. The van der Waals surface area contributed by atoms with Crippen molar-refractivity contribution in [3.05, 3.63) is 0 Å². The number of ether oxygens (including phenoxy) is 17. The first-order chi connectivity index (χ1) is 55.8. The van der Waals surface area contributed by atoms with Gasteiger partial charge < -0.3 is 230 Å². The van der Waals surface area contributed by atoms with E-state index in [4.69, 9.17) is 80.5 Å². The molecule has 0 aliphatic carbocycles. The number of hydrogen-bond donors (Lipinski definition) is 29. The first kappa shape index (κ1) is 97.0. The Bertz CT molecular complexity index is 3230. The van der Waals surface area contributed by atoms with Crippen LogP contribution in [0.15, 0.2) is 0 Å². The quantitative estimate of drug-likeness (QED) is 0.0306. The van der Waals surface area contributed by atoms with Crippen molar-refractivity contribution in [1.82, 2.24) is 31.9 Å². The van der Waals surface area contributed by atoms with E-state index >= 15 is 0 Å². The molecule has 0 unspecified atom stereocenters. The lowest BCUT2D eigenvalue weighted by Crippen LogP contribution is -2.71. The van der Waals surface area contributed by atoms with Crippen LogP contribution in [-0.4, -0.2) is 488 Å². The van der Waals surface area contributed by atoms with E-state index in [2.05, 4.69) is 31.9 Å². The van der Waals surface area contributed by atoms with E-state index in [9.17, 15) is 146 Å². The fourth-order valence-corrected chi connectivity index (χ4v) is 15.2. The van der Waals surface area contributed by atoms with Crippen LogP contribution in [0.1, 0.15) is 41.5 Å². The van der Waals surface area contributed by atoms with Gasteiger partial charge in [0.2, 0.25) is 35.4 Å². The molecule has 9 saturated heterocycles. The highest BCUT2D eigenvalue weighted by atomic mass is 16.8. The molecule has 118 heavy (non-hydrogen) atoms. The molecule has 52 nitrogen and oxygen atoms in total. The van der Waals surface area contributed by atoms with Gasteiger partial charge in [0.25, 0.3) is 0 Å². The number of nitrogens with one attached hydrogen (secondary N) is 6. The minimum absolute atomic E-state index is 0.796. The number of amides is 6. The number of aliphatic hydroxyl groups is 23. The second kappa shape index (κ2) is 42.7. The molecule has 45 atom stereocenters. The summed E-state index contributed by atoms with van der Waals surface area (Å²) in [7, 11) is 0. The molecule has 0 spiro atoms. The minimum Gasteiger partial charge on any atom is -0.394 e. The van der Waals surface area contributed by atoms with Gasteiger partial charge >= 0.3 is 0 Å². The van der Waals surface area contributed by atoms with Crippen molar-refractivity contribution >= 4 is 35.4 Å². The lowest BCUT2D eigenvalue weighted by Gasteiger charge is -2.51. The van der Waals surface area contributed by atoms with Crippen LogP contribution < -0.4 is 31.9 Å². The normalized spacial score (nSPS) is 46.9. The largest absolute Gasteiger partial charge is 0.394 e. The lowest BCUT2D eigenvalue weighted by molar-refractivity contribution is -0.398. The zero-order valence-electron chi connectivity index (χ0n) is 64.0. The van der Waals surface area contributed by atoms with Crippen molar-refractivity contribution in [2.75, 3.05) is 59.5 Å². The lowest BCUT2D eigenvalue weighted by atomic mass is 9.93. The van der Waals surface area contributed by atoms with Crippen molar-refractivity contribution in [3.63, 3.8) is 0 Å². The van der Waals surface area contributed by atoms with Gasteiger partial charge in [-0.15, -0.1) is 0 Å². The summed E-state index contributed by atoms with van der Waals surface area (Å²) in [6, 6.07) is -10.7. The molecule has 0 aromatic carbocycles. The average Bonchev–Trinajstić information content (AvgIpc) is 0.767. The summed E-state index contributed by atoms with van der Waals surface area (Å²) in [6.45, 7) is -3.89. The molecule has 9 rings (SSSR count). The fourth-order valence-electron chi connectivity index (χ4n) is 15.2. The predicted molar refractivity (Wildman–Crippen MR) is 367 cm³/mol. The van der Waals surface area contributed by atoms with Gasteiger partial charge in [0.15, 0.2) is 56.6 Å². The van der Waals surface area contributed by atoms with Crippen molar-refractivity contribution < 1.29 is 227 Å². The molecule has 9 fully saturated rings. The van der Waals surface area contributed by atoms with E-state index in [1.165, 1.54) is 0 Å². The molecule has 0 aromatic rings. The first-order valence-electron chi connectivity index (χ1n) is 37.6. The predicted octanol–water partition coefficient (Wildman–Crippen LogP) is -19.8.